The molecule has 0 spiro atoms. The summed E-state index contributed by atoms with van der Waals surface area (Å²) in [5, 5.41) is 10.9. The molecule has 0 aliphatic carbocycles. The standard InChI is InChI=1S/C19H17F2N3O4/c20-16-3-2-14(24(27)28)12-15(16)19(26)23-8-6-22(7-9-23)18-4-1-13(5-10-25)11-17(18)21/h1-4,10-12H,5-9H2. The number of carbonyl (C=O) groups is 2. The number of rotatable bonds is 5. The van der Waals surface area contributed by atoms with Crippen molar-refractivity contribution in [3.05, 3.63) is 69.3 Å². The van der Waals surface area contributed by atoms with Crippen molar-refractivity contribution in [1.29, 1.82) is 0 Å². The number of nitro benzene ring substituents is 1. The number of non-ortho nitro benzene ring substituents is 1. The molecule has 0 atom stereocenters. The van der Waals surface area contributed by atoms with E-state index >= 15 is 0 Å². The minimum absolute atomic E-state index is 0.133. The highest BCUT2D eigenvalue weighted by Gasteiger charge is 2.26. The van der Waals surface area contributed by atoms with E-state index in [1.54, 1.807) is 17.0 Å². The van der Waals surface area contributed by atoms with Crippen LogP contribution in [0.1, 0.15) is 15.9 Å². The molecule has 146 valence electrons. The Balaban J connectivity index is 1.70. The summed E-state index contributed by atoms with van der Waals surface area (Å²) in [4.78, 5) is 36.4. The van der Waals surface area contributed by atoms with E-state index in [1.165, 1.54) is 11.0 Å². The number of nitro groups is 1. The van der Waals surface area contributed by atoms with Crippen molar-refractivity contribution in [2.24, 2.45) is 0 Å². The van der Waals surface area contributed by atoms with Gasteiger partial charge in [-0.3, -0.25) is 14.9 Å². The van der Waals surface area contributed by atoms with Crippen LogP contribution in [0.3, 0.4) is 0 Å². The van der Waals surface area contributed by atoms with Gasteiger partial charge in [0, 0.05) is 44.7 Å². The average Bonchev–Trinajstić information content (AvgIpc) is 2.68. The predicted octanol–water partition coefficient (Wildman–Crippen LogP) is 2.58. The van der Waals surface area contributed by atoms with E-state index < -0.39 is 22.5 Å². The van der Waals surface area contributed by atoms with E-state index in [4.69, 9.17) is 0 Å². The third-order valence-electron chi connectivity index (χ3n) is 4.63. The lowest BCUT2D eigenvalue weighted by Crippen LogP contribution is -2.49. The van der Waals surface area contributed by atoms with Crippen molar-refractivity contribution in [2.75, 3.05) is 31.1 Å². The summed E-state index contributed by atoms with van der Waals surface area (Å²) >= 11 is 0. The van der Waals surface area contributed by atoms with Crippen LogP contribution in [-0.4, -0.2) is 48.2 Å². The Morgan fingerprint density at radius 1 is 1.07 bits per heavy atom. The van der Waals surface area contributed by atoms with E-state index in [2.05, 4.69) is 0 Å². The number of benzene rings is 2. The quantitative estimate of drug-likeness (QED) is 0.446. The van der Waals surface area contributed by atoms with Crippen LogP contribution in [0.4, 0.5) is 20.2 Å². The molecule has 1 saturated heterocycles. The van der Waals surface area contributed by atoms with Gasteiger partial charge in [-0.2, -0.15) is 0 Å². The molecule has 0 unspecified atom stereocenters. The second kappa shape index (κ2) is 8.12. The predicted molar refractivity (Wildman–Crippen MR) is 97.3 cm³/mol. The Hall–Kier alpha value is -3.36. The van der Waals surface area contributed by atoms with Gasteiger partial charge in [-0.05, 0) is 23.8 Å². The maximum absolute atomic E-state index is 14.3. The summed E-state index contributed by atoms with van der Waals surface area (Å²) in [5.74, 6) is -1.92. The van der Waals surface area contributed by atoms with Crippen molar-refractivity contribution in [3.63, 3.8) is 0 Å². The molecule has 9 heteroatoms. The second-order valence-electron chi connectivity index (χ2n) is 6.36. The van der Waals surface area contributed by atoms with Gasteiger partial charge >= 0.3 is 0 Å². The molecule has 1 fully saturated rings. The lowest BCUT2D eigenvalue weighted by Gasteiger charge is -2.36. The van der Waals surface area contributed by atoms with Gasteiger partial charge in [-0.15, -0.1) is 0 Å². The van der Waals surface area contributed by atoms with Crippen molar-refractivity contribution in [3.8, 4) is 0 Å². The highest BCUT2D eigenvalue weighted by molar-refractivity contribution is 5.95. The number of hydrogen-bond acceptors (Lipinski definition) is 5. The molecule has 2 aromatic rings. The van der Waals surface area contributed by atoms with Gasteiger partial charge in [-0.1, -0.05) is 6.07 Å². The average molecular weight is 389 g/mol. The SMILES string of the molecule is O=CCc1ccc(N2CCN(C(=O)c3cc([N+](=O)[O-])ccc3F)CC2)c(F)c1. The summed E-state index contributed by atoms with van der Waals surface area (Å²) in [6.07, 6.45) is 0.833. The van der Waals surface area contributed by atoms with Crippen LogP contribution in [0.15, 0.2) is 36.4 Å². The molecule has 28 heavy (non-hydrogen) atoms. The topological polar surface area (TPSA) is 83.8 Å². The Labute approximate surface area is 159 Å². The summed E-state index contributed by atoms with van der Waals surface area (Å²) in [7, 11) is 0. The minimum Gasteiger partial charge on any atom is -0.366 e. The van der Waals surface area contributed by atoms with Crippen LogP contribution >= 0.6 is 0 Å². The Kier molecular flexibility index (Phi) is 5.62. The first kappa shape index (κ1) is 19.4. The molecule has 3 rings (SSSR count). The van der Waals surface area contributed by atoms with E-state index in [-0.39, 0.29) is 30.8 Å². The molecule has 0 N–H and O–H groups in total. The first-order chi connectivity index (χ1) is 13.4. The molecule has 1 aliphatic heterocycles. The van der Waals surface area contributed by atoms with Crippen molar-refractivity contribution >= 4 is 23.6 Å². The number of amides is 1. The number of piperazine rings is 1. The number of nitrogens with zero attached hydrogens (tertiary/aromatic N) is 3. The van der Waals surface area contributed by atoms with Gasteiger partial charge in [0.1, 0.15) is 17.9 Å². The van der Waals surface area contributed by atoms with E-state index in [0.717, 1.165) is 18.2 Å². The highest BCUT2D eigenvalue weighted by atomic mass is 19.1. The van der Waals surface area contributed by atoms with Gasteiger partial charge < -0.3 is 14.6 Å². The van der Waals surface area contributed by atoms with E-state index in [1.807, 2.05) is 0 Å². The Morgan fingerprint density at radius 2 is 1.79 bits per heavy atom. The van der Waals surface area contributed by atoms with Gasteiger partial charge in [-0.25, -0.2) is 8.78 Å². The van der Waals surface area contributed by atoms with Crippen LogP contribution < -0.4 is 4.90 Å². The third kappa shape index (κ3) is 3.98. The first-order valence-corrected chi connectivity index (χ1v) is 8.61. The van der Waals surface area contributed by atoms with Gasteiger partial charge in [0.15, 0.2) is 0 Å². The molecular weight excluding hydrogens is 372 g/mol. The monoisotopic (exact) mass is 389 g/mol. The van der Waals surface area contributed by atoms with Crippen LogP contribution in [0, 0.1) is 21.7 Å². The number of anilines is 1. The molecule has 0 saturated carbocycles. The maximum atomic E-state index is 14.3. The molecule has 1 heterocycles. The molecule has 0 radical (unpaired) electrons. The number of halogens is 2. The fourth-order valence-electron chi connectivity index (χ4n) is 3.14. The Morgan fingerprint density at radius 3 is 2.39 bits per heavy atom. The molecule has 7 nitrogen and oxygen atoms in total. The van der Waals surface area contributed by atoms with E-state index in [9.17, 15) is 28.5 Å². The molecule has 0 aromatic heterocycles. The van der Waals surface area contributed by atoms with Gasteiger partial charge in [0.25, 0.3) is 11.6 Å². The van der Waals surface area contributed by atoms with Crippen LogP contribution in [0.2, 0.25) is 0 Å². The van der Waals surface area contributed by atoms with Gasteiger partial charge in [0.2, 0.25) is 0 Å². The van der Waals surface area contributed by atoms with Crippen molar-refractivity contribution in [2.45, 2.75) is 6.42 Å². The van der Waals surface area contributed by atoms with Crippen molar-refractivity contribution in [1.82, 2.24) is 4.90 Å². The van der Waals surface area contributed by atoms with E-state index in [0.29, 0.717) is 30.6 Å². The number of aldehydes is 1. The molecular formula is C19H17F2N3O4. The molecule has 0 bridgehead atoms. The molecule has 2 aromatic carbocycles. The smallest absolute Gasteiger partial charge is 0.270 e. The van der Waals surface area contributed by atoms with Crippen molar-refractivity contribution < 1.29 is 23.3 Å². The van der Waals surface area contributed by atoms with Crippen LogP contribution in [0.5, 0.6) is 0 Å². The minimum atomic E-state index is -0.824. The summed E-state index contributed by atoms with van der Waals surface area (Å²) < 4.78 is 28.3. The zero-order chi connectivity index (χ0) is 20.3. The number of carbonyl (C=O) groups excluding carboxylic acids is 2. The zero-order valence-electron chi connectivity index (χ0n) is 14.8. The Bertz CT molecular complexity index is 927. The van der Waals surface area contributed by atoms with Crippen LogP contribution in [0.25, 0.3) is 0 Å². The first-order valence-electron chi connectivity index (χ1n) is 8.61. The number of hydrogen-bond donors (Lipinski definition) is 0. The second-order valence-corrected chi connectivity index (χ2v) is 6.36. The fraction of sp³-hybridized carbons (Fsp3) is 0.263. The third-order valence-corrected chi connectivity index (χ3v) is 4.63. The summed E-state index contributed by atoms with van der Waals surface area (Å²) in [6, 6.07) is 7.39. The fourth-order valence-corrected chi connectivity index (χ4v) is 3.14. The summed E-state index contributed by atoms with van der Waals surface area (Å²) in [6.45, 7) is 1.09. The lowest BCUT2D eigenvalue weighted by atomic mass is 10.1. The largest absolute Gasteiger partial charge is 0.366 e. The zero-order valence-corrected chi connectivity index (χ0v) is 14.8. The summed E-state index contributed by atoms with van der Waals surface area (Å²) in [5.41, 5.74) is 0.224. The van der Waals surface area contributed by atoms with Crippen LogP contribution in [-0.2, 0) is 11.2 Å². The maximum Gasteiger partial charge on any atom is 0.270 e. The molecule has 1 amide bonds. The molecule has 1 aliphatic rings. The normalized spacial score (nSPS) is 14.1. The lowest BCUT2D eigenvalue weighted by molar-refractivity contribution is -0.384. The van der Waals surface area contributed by atoms with Gasteiger partial charge in [0.05, 0.1) is 16.2 Å². The highest BCUT2D eigenvalue weighted by Crippen LogP contribution is 2.24.